The third-order valence-corrected chi connectivity index (χ3v) is 3.15. The van der Waals surface area contributed by atoms with Gasteiger partial charge in [-0.15, -0.1) is 0 Å². The lowest BCUT2D eigenvalue weighted by Crippen LogP contribution is -2.38. The third-order valence-electron chi connectivity index (χ3n) is 2.95. The number of nitrogens with zero attached hydrogens (tertiary/aromatic N) is 2. The maximum Gasteiger partial charge on any atom is 0.316 e. The Morgan fingerprint density at radius 3 is 2.50 bits per heavy atom. The molecule has 0 bridgehead atoms. The second kappa shape index (κ2) is 6.00. The average molecular weight is 270 g/mol. The molecule has 5 nitrogen and oxygen atoms in total. The summed E-state index contributed by atoms with van der Waals surface area (Å²) in [6.45, 7) is 1.55. The van der Waals surface area contributed by atoms with Crippen LogP contribution < -0.4 is 10.1 Å². The first-order chi connectivity index (χ1) is 8.63. The van der Waals surface area contributed by atoms with Crippen LogP contribution in [-0.4, -0.2) is 28.0 Å². The van der Waals surface area contributed by atoms with Crippen molar-refractivity contribution in [3.63, 3.8) is 0 Å². The van der Waals surface area contributed by atoms with E-state index in [2.05, 4.69) is 15.3 Å². The smallest absolute Gasteiger partial charge is 0.316 e. The van der Waals surface area contributed by atoms with Crippen LogP contribution in [0.2, 0.25) is 5.02 Å². The number of halogens is 1. The van der Waals surface area contributed by atoms with Crippen LogP contribution in [0.1, 0.15) is 32.6 Å². The van der Waals surface area contributed by atoms with Crippen LogP contribution in [0.5, 0.6) is 6.01 Å². The summed E-state index contributed by atoms with van der Waals surface area (Å²) in [4.78, 5) is 19.0. The fraction of sp³-hybridized carbons (Fsp3) is 0.583. The second-order valence-electron chi connectivity index (χ2n) is 4.48. The zero-order valence-electron chi connectivity index (χ0n) is 10.2. The Hall–Kier alpha value is -1.36. The van der Waals surface area contributed by atoms with Crippen molar-refractivity contribution in [3.8, 4) is 6.01 Å². The molecule has 1 amide bonds. The molecule has 98 valence electrons. The third kappa shape index (κ3) is 3.84. The summed E-state index contributed by atoms with van der Waals surface area (Å²) in [5.41, 5.74) is 0. The molecule has 1 aromatic heterocycles. The monoisotopic (exact) mass is 269 g/mol. The molecule has 1 heterocycles. The van der Waals surface area contributed by atoms with E-state index in [1.165, 1.54) is 12.4 Å². The highest BCUT2D eigenvalue weighted by Gasteiger charge is 2.23. The molecule has 0 radical (unpaired) electrons. The predicted molar refractivity (Wildman–Crippen MR) is 67.5 cm³/mol. The van der Waals surface area contributed by atoms with Crippen molar-refractivity contribution in [3.05, 3.63) is 17.4 Å². The van der Waals surface area contributed by atoms with E-state index < -0.39 is 0 Å². The van der Waals surface area contributed by atoms with Gasteiger partial charge in [-0.05, 0) is 25.7 Å². The summed E-state index contributed by atoms with van der Waals surface area (Å²) < 4.78 is 5.67. The topological polar surface area (TPSA) is 64.1 Å². The van der Waals surface area contributed by atoms with Gasteiger partial charge in [0.25, 0.3) is 0 Å². The fourth-order valence-corrected chi connectivity index (χ4v) is 2.22. The Morgan fingerprint density at radius 1 is 1.33 bits per heavy atom. The van der Waals surface area contributed by atoms with Gasteiger partial charge in [0, 0.05) is 13.0 Å². The first kappa shape index (κ1) is 13.1. The van der Waals surface area contributed by atoms with Gasteiger partial charge in [0.05, 0.1) is 17.4 Å². The zero-order chi connectivity index (χ0) is 13.0. The maximum absolute atomic E-state index is 10.9. The minimum atomic E-state index is 0.0282. The van der Waals surface area contributed by atoms with Crippen molar-refractivity contribution in [1.29, 1.82) is 0 Å². The maximum atomic E-state index is 10.9. The Kier molecular flexibility index (Phi) is 4.36. The standard InChI is InChI=1S/C12H16ClN3O2/c1-8(17)16-10-2-4-11(5-3-10)18-12-14-6-9(13)7-15-12/h6-7,10-11H,2-5H2,1H3,(H,16,17). The van der Waals surface area contributed by atoms with Gasteiger partial charge in [-0.2, -0.15) is 0 Å². The Morgan fingerprint density at radius 2 is 1.94 bits per heavy atom. The highest BCUT2D eigenvalue weighted by Crippen LogP contribution is 2.22. The number of hydrogen-bond acceptors (Lipinski definition) is 4. The number of amides is 1. The van der Waals surface area contributed by atoms with E-state index in [1.807, 2.05) is 0 Å². The Balaban J connectivity index is 1.79. The number of nitrogens with one attached hydrogen (secondary N) is 1. The van der Waals surface area contributed by atoms with Crippen LogP contribution in [0.3, 0.4) is 0 Å². The molecule has 0 aliphatic heterocycles. The summed E-state index contributed by atoms with van der Waals surface area (Å²) in [5.74, 6) is 0.0282. The van der Waals surface area contributed by atoms with Crippen LogP contribution in [-0.2, 0) is 4.79 Å². The van der Waals surface area contributed by atoms with Gasteiger partial charge in [0.1, 0.15) is 6.10 Å². The van der Waals surface area contributed by atoms with Crippen LogP contribution >= 0.6 is 11.6 Å². The molecule has 0 unspecified atom stereocenters. The van der Waals surface area contributed by atoms with Crippen molar-refractivity contribution in [2.75, 3.05) is 0 Å². The van der Waals surface area contributed by atoms with Gasteiger partial charge in [-0.3, -0.25) is 4.79 Å². The molecule has 0 saturated heterocycles. The van der Waals surface area contributed by atoms with Gasteiger partial charge in [-0.25, -0.2) is 9.97 Å². The van der Waals surface area contributed by atoms with E-state index in [0.717, 1.165) is 25.7 Å². The molecule has 1 aliphatic rings. The molecule has 1 aliphatic carbocycles. The van der Waals surface area contributed by atoms with Crippen molar-refractivity contribution in [2.45, 2.75) is 44.8 Å². The predicted octanol–water partition coefficient (Wildman–Crippen LogP) is 1.96. The van der Waals surface area contributed by atoms with E-state index in [9.17, 15) is 4.79 Å². The molecule has 0 spiro atoms. The number of aromatic nitrogens is 2. The summed E-state index contributed by atoms with van der Waals surface area (Å²) in [6, 6.07) is 0.635. The van der Waals surface area contributed by atoms with Crippen LogP contribution in [0.4, 0.5) is 0 Å². The van der Waals surface area contributed by atoms with Crippen LogP contribution in [0, 0.1) is 0 Å². The van der Waals surface area contributed by atoms with Crippen molar-refractivity contribution in [2.24, 2.45) is 0 Å². The summed E-state index contributed by atoms with van der Waals surface area (Å²) in [6.07, 6.45) is 6.82. The zero-order valence-corrected chi connectivity index (χ0v) is 11.0. The SMILES string of the molecule is CC(=O)NC1CCC(Oc2ncc(Cl)cn2)CC1. The molecule has 0 aromatic carbocycles. The molecular formula is C12H16ClN3O2. The molecule has 18 heavy (non-hydrogen) atoms. The molecule has 2 rings (SSSR count). The van der Waals surface area contributed by atoms with Gasteiger partial charge in [-0.1, -0.05) is 11.6 Å². The van der Waals surface area contributed by atoms with Gasteiger partial charge < -0.3 is 10.1 Å². The summed E-state index contributed by atoms with van der Waals surface area (Å²) >= 11 is 5.70. The van der Waals surface area contributed by atoms with E-state index in [0.29, 0.717) is 11.0 Å². The highest BCUT2D eigenvalue weighted by molar-refractivity contribution is 6.30. The Bertz CT molecular complexity index is 402. The summed E-state index contributed by atoms with van der Waals surface area (Å²) in [7, 11) is 0. The average Bonchev–Trinajstić information content (AvgIpc) is 2.34. The minimum Gasteiger partial charge on any atom is -0.460 e. The van der Waals surface area contributed by atoms with Crippen LogP contribution in [0.25, 0.3) is 0 Å². The first-order valence-electron chi connectivity index (χ1n) is 6.05. The molecule has 1 saturated carbocycles. The lowest BCUT2D eigenvalue weighted by molar-refractivity contribution is -0.120. The number of rotatable bonds is 3. The van der Waals surface area contributed by atoms with E-state index in [4.69, 9.17) is 16.3 Å². The van der Waals surface area contributed by atoms with Gasteiger partial charge in [0.15, 0.2) is 0 Å². The van der Waals surface area contributed by atoms with E-state index in [1.54, 1.807) is 6.92 Å². The number of carbonyl (C=O) groups is 1. The minimum absolute atomic E-state index is 0.0282. The molecule has 6 heteroatoms. The quantitative estimate of drug-likeness (QED) is 0.911. The number of carbonyl (C=O) groups excluding carboxylic acids is 1. The van der Waals surface area contributed by atoms with Crippen LogP contribution in [0.15, 0.2) is 12.4 Å². The molecule has 0 atom stereocenters. The molecule has 1 aromatic rings. The lowest BCUT2D eigenvalue weighted by atomic mass is 9.93. The lowest BCUT2D eigenvalue weighted by Gasteiger charge is -2.28. The number of ether oxygens (including phenoxy) is 1. The van der Waals surface area contributed by atoms with Crippen molar-refractivity contribution < 1.29 is 9.53 Å². The summed E-state index contributed by atoms with van der Waals surface area (Å²) in [5, 5.41) is 3.43. The fourth-order valence-electron chi connectivity index (χ4n) is 2.12. The largest absolute Gasteiger partial charge is 0.460 e. The normalized spacial score (nSPS) is 23.4. The van der Waals surface area contributed by atoms with Crippen molar-refractivity contribution >= 4 is 17.5 Å². The highest BCUT2D eigenvalue weighted by atomic mass is 35.5. The second-order valence-corrected chi connectivity index (χ2v) is 4.91. The molecule has 1 fully saturated rings. The molecular weight excluding hydrogens is 254 g/mol. The van der Waals surface area contributed by atoms with Gasteiger partial charge >= 0.3 is 6.01 Å². The van der Waals surface area contributed by atoms with Gasteiger partial charge in [0.2, 0.25) is 5.91 Å². The van der Waals surface area contributed by atoms with E-state index in [-0.39, 0.29) is 18.1 Å². The Labute approximate surface area is 111 Å². The van der Waals surface area contributed by atoms with Crippen molar-refractivity contribution in [1.82, 2.24) is 15.3 Å². The molecule has 1 N–H and O–H groups in total. The number of hydrogen-bond donors (Lipinski definition) is 1. The van der Waals surface area contributed by atoms with E-state index >= 15 is 0 Å². The first-order valence-corrected chi connectivity index (χ1v) is 6.42.